The number of methoxy groups -OCH3 is 2. The summed E-state index contributed by atoms with van der Waals surface area (Å²) in [6.07, 6.45) is 0. The van der Waals surface area contributed by atoms with E-state index in [9.17, 15) is 5.02 Å². The lowest BCUT2D eigenvalue weighted by atomic mass is 10.1. The molecule has 0 bridgehead atoms. The Morgan fingerprint density at radius 1 is 0.773 bits per heavy atom. The summed E-state index contributed by atoms with van der Waals surface area (Å²) in [5.74, 6) is 1.42. The van der Waals surface area contributed by atoms with Crippen molar-refractivity contribution in [1.82, 2.24) is 0 Å². The summed E-state index contributed by atoms with van der Waals surface area (Å²) < 4.78 is 21.0. The molecule has 116 valence electrons. The minimum Gasteiger partial charge on any atom is -0.496 e. The van der Waals surface area contributed by atoms with Gasteiger partial charge in [-0.1, -0.05) is 36.4 Å². The van der Waals surface area contributed by atoms with Gasteiger partial charge in [0.2, 0.25) is 0 Å². The molecule has 0 aliphatic carbocycles. The first kappa shape index (κ1) is 16.4. The molecular weight excluding hydrogens is 283 g/mol. The van der Waals surface area contributed by atoms with Crippen molar-refractivity contribution in [2.45, 2.75) is 13.2 Å². The van der Waals surface area contributed by atoms with Crippen molar-refractivity contribution in [3.8, 4) is 11.5 Å². The minimum atomic E-state index is -1.32. The van der Waals surface area contributed by atoms with E-state index in [0.29, 0.717) is 11.5 Å². The standard InChI is InChI=1S/C16H19BO5/c1-19-15-9-5-3-7-13(15)11-21-17(18)22-12-14-8-4-6-10-16(14)20-2/h3-10,18H,11-12H2,1-2H3. The van der Waals surface area contributed by atoms with Crippen LogP contribution in [0.3, 0.4) is 0 Å². The molecule has 0 spiro atoms. The second-order valence-electron chi connectivity index (χ2n) is 4.55. The minimum absolute atomic E-state index is 0.192. The lowest BCUT2D eigenvalue weighted by molar-refractivity contribution is 0.118. The number of hydrogen-bond acceptors (Lipinski definition) is 5. The Kier molecular flexibility index (Phi) is 6.27. The van der Waals surface area contributed by atoms with Crippen LogP contribution in [0.5, 0.6) is 11.5 Å². The summed E-state index contributed by atoms with van der Waals surface area (Å²) in [6, 6.07) is 14.9. The van der Waals surface area contributed by atoms with Crippen LogP contribution in [-0.2, 0) is 22.5 Å². The Labute approximate surface area is 130 Å². The van der Waals surface area contributed by atoms with Gasteiger partial charge in [0, 0.05) is 11.1 Å². The highest BCUT2D eigenvalue weighted by molar-refractivity contribution is 6.34. The fourth-order valence-corrected chi connectivity index (χ4v) is 2.01. The maximum absolute atomic E-state index is 9.77. The highest BCUT2D eigenvalue weighted by Gasteiger charge is 2.17. The van der Waals surface area contributed by atoms with Crippen molar-refractivity contribution >= 4 is 7.32 Å². The van der Waals surface area contributed by atoms with Crippen molar-refractivity contribution in [1.29, 1.82) is 0 Å². The SMILES string of the molecule is COc1ccccc1COB(O)OCc1ccccc1OC. The van der Waals surface area contributed by atoms with Crippen LogP contribution in [0.1, 0.15) is 11.1 Å². The van der Waals surface area contributed by atoms with Gasteiger partial charge in [-0.25, -0.2) is 0 Å². The average molecular weight is 302 g/mol. The molecule has 2 aromatic carbocycles. The van der Waals surface area contributed by atoms with Gasteiger partial charge in [-0.2, -0.15) is 0 Å². The highest BCUT2D eigenvalue weighted by atomic mass is 16.7. The largest absolute Gasteiger partial charge is 0.637 e. The molecule has 0 fully saturated rings. The number of ether oxygens (including phenoxy) is 2. The zero-order chi connectivity index (χ0) is 15.8. The van der Waals surface area contributed by atoms with E-state index in [0.717, 1.165) is 11.1 Å². The number of para-hydroxylation sites is 2. The quantitative estimate of drug-likeness (QED) is 0.759. The molecule has 0 aromatic heterocycles. The van der Waals surface area contributed by atoms with Gasteiger partial charge >= 0.3 is 7.32 Å². The smallest absolute Gasteiger partial charge is 0.496 e. The first-order chi connectivity index (χ1) is 10.7. The Balaban J connectivity index is 1.84. The Morgan fingerprint density at radius 3 is 1.59 bits per heavy atom. The lowest BCUT2D eigenvalue weighted by Crippen LogP contribution is -2.22. The summed E-state index contributed by atoms with van der Waals surface area (Å²) in [6.45, 7) is 0.383. The summed E-state index contributed by atoms with van der Waals surface area (Å²) in [5, 5.41) is 9.77. The normalized spacial score (nSPS) is 10.3. The van der Waals surface area contributed by atoms with Crippen LogP contribution >= 0.6 is 0 Å². The average Bonchev–Trinajstić information content (AvgIpc) is 2.58. The number of benzene rings is 2. The third-order valence-corrected chi connectivity index (χ3v) is 3.15. The van der Waals surface area contributed by atoms with Gasteiger partial charge in [0.25, 0.3) is 0 Å². The van der Waals surface area contributed by atoms with E-state index >= 15 is 0 Å². The highest BCUT2D eigenvalue weighted by Crippen LogP contribution is 2.20. The van der Waals surface area contributed by atoms with Gasteiger partial charge < -0.3 is 23.8 Å². The molecule has 0 saturated carbocycles. The summed E-state index contributed by atoms with van der Waals surface area (Å²) >= 11 is 0. The van der Waals surface area contributed by atoms with Gasteiger partial charge in [0.15, 0.2) is 0 Å². The second-order valence-corrected chi connectivity index (χ2v) is 4.55. The van der Waals surface area contributed by atoms with Crippen molar-refractivity contribution in [3.05, 3.63) is 59.7 Å². The van der Waals surface area contributed by atoms with Gasteiger partial charge in [-0.05, 0) is 12.1 Å². The summed E-state index contributed by atoms with van der Waals surface area (Å²) in [5.41, 5.74) is 1.68. The summed E-state index contributed by atoms with van der Waals surface area (Å²) in [4.78, 5) is 0. The van der Waals surface area contributed by atoms with E-state index in [1.165, 1.54) is 0 Å². The Morgan fingerprint density at radius 2 is 1.18 bits per heavy atom. The molecule has 0 amide bonds. The fraction of sp³-hybridized carbons (Fsp3) is 0.250. The molecule has 2 aromatic rings. The van der Waals surface area contributed by atoms with E-state index in [2.05, 4.69) is 0 Å². The lowest BCUT2D eigenvalue weighted by Gasteiger charge is -2.12. The molecule has 0 aliphatic heterocycles. The maximum atomic E-state index is 9.77. The molecule has 0 aliphatic rings. The van der Waals surface area contributed by atoms with Gasteiger partial charge in [-0.15, -0.1) is 0 Å². The molecule has 22 heavy (non-hydrogen) atoms. The molecule has 0 atom stereocenters. The van der Waals surface area contributed by atoms with Gasteiger partial charge in [0.1, 0.15) is 11.5 Å². The van der Waals surface area contributed by atoms with Gasteiger partial charge in [-0.3, -0.25) is 0 Å². The Hall–Kier alpha value is -2.02. The van der Waals surface area contributed by atoms with Crippen LogP contribution in [0.25, 0.3) is 0 Å². The van der Waals surface area contributed by atoms with Crippen LogP contribution in [0, 0.1) is 0 Å². The van der Waals surface area contributed by atoms with Crippen LogP contribution in [-0.4, -0.2) is 26.6 Å². The molecule has 0 radical (unpaired) electrons. The van der Waals surface area contributed by atoms with Crippen molar-refractivity contribution in [2.75, 3.05) is 14.2 Å². The topological polar surface area (TPSA) is 57.2 Å². The second kappa shape index (κ2) is 8.43. The van der Waals surface area contributed by atoms with E-state index < -0.39 is 7.32 Å². The fourth-order valence-electron chi connectivity index (χ4n) is 2.01. The molecule has 1 N–H and O–H groups in total. The number of hydrogen-bond donors (Lipinski definition) is 1. The molecule has 0 unspecified atom stereocenters. The first-order valence-corrected chi connectivity index (χ1v) is 6.89. The van der Waals surface area contributed by atoms with Crippen LogP contribution in [0.2, 0.25) is 0 Å². The predicted octanol–water partition coefficient (Wildman–Crippen LogP) is 2.41. The monoisotopic (exact) mass is 302 g/mol. The third kappa shape index (κ3) is 4.49. The van der Waals surface area contributed by atoms with Gasteiger partial charge in [0.05, 0.1) is 27.4 Å². The molecule has 0 heterocycles. The third-order valence-electron chi connectivity index (χ3n) is 3.15. The summed E-state index contributed by atoms with van der Waals surface area (Å²) in [7, 11) is 1.86. The van der Waals surface area contributed by atoms with E-state index in [4.69, 9.17) is 18.8 Å². The zero-order valence-electron chi connectivity index (χ0n) is 12.7. The maximum Gasteiger partial charge on any atom is 0.637 e. The van der Waals surface area contributed by atoms with E-state index in [-0.39, 0.29) is 13.2 Å². The zero-order valence-corrected chi connectivity index (χ0v) is 12.7. The van der Waals surface area contributed by atoms with Crippen LogP contribution < -0.4 is 9.47 Å². The van der Waals surface area contributed by atoms with Crippen molar-refractivity contribution < 1.29 is 23.8 Å². The first-order valence-electron chi connectivity index (χ1n) is 6.89. The van der Waals surface area contributed by atoms with Crippen LogP contribution in [0.15, 0.2) is 48.5 Å². The molecular formula is C16H19BO5. The predicted molar refractivity (Wildman–Crippen MR) is 83.5 cm³/mol. The van der Waals surface area contributed by atoms with Crippen molar-refractivity contribution in [2.24, 2.45) is 0 Å². The Bertz CT molecular complexity index is 539. The molecule has 0 saturated heterocycles. The van der Waals surface area contributed by atoms with Crippen LogP contribution in [0.4, 0.5) is 0 Å². The molecule has 2 rings (SSSR count). The van der Waals surface area contributed by atoms with Crippen molar-refractivity contribution in [3.63, 3.8) is 0 Å². The number of rotatable bonds is 8. The molecule has 5 nitrogen and oxygen atoms in total. The van der Waals surface area contributed by atoms with E-state index in [1.807, 2.05) is 48.5 Å². The van der Waals surface area contributed by atoms with E-state index in [1.54, 1.807) is 14.2 Å². The molecule has 6 heteroatoms.